The molecule has 290 valence electrons. The Balaban J connectivity index is 3.28. The van der Waals surface area contributed by atoms with Crippen LogP contribution in [0.1, 0.15) is 51.5 Å². The van der Waals surface area contributed by atoms with Crippen molar-refractivity contribution in [3.63, 3.8) is 0 Å². The summed E-state index contributed by atoms with van der Waals surface area (Å²) in [5.41, 5.74) is 28.3. The molecule has 0 saturated heterocycles. The van der Waals surface area contributed by atoms with E-state index in [4.69, 9.17) is 33.8 Å². The maximum Gasteiger partial charge on any atom is 0.322 e. The van der Waals surface area contributed by atoms with Gasteiger partial charge >= 0.3 is 5.97 Å². The molecule has 5 amide bonds. The zero-order chi connectivity index (χ0) is 39.2. The highest BCUT2D eigenvalue weighted by Gasteiger charge is 2.32. The van der Waals surface area contributed by atoms with Gasteiger partial charge in [0.2, 0.25) is 29.5 Å². The second-order valence-electron chi connectivity index (χ2n) is 12.4. The maximum absolute atomic E-state index is 13.9. The monoisotopic (exact) mass is 750 g/mol. The first kappa shape index (κ1) is 44.9. The molecule has 1 rings (SSSR count). The van der Waals surface area contributed by atoms with Crippen molar-refractivity contribution in [2.24, 2.45) is 44.6 Å². The molecule has 0 aromatic heterocycles. The lowest BCUT2D eigenvalue weighted by Gasteiger charge is -2.27. The predicted octanol–water partition coefficient (Wildman–Crippen LogP) is -3.22. The number of carboxylic acid groups (broad SMARTS) is 1. The van der Waals surface area contributed by atoms with Crippen molar-refractivity contribution in [1.82, 2.24) is 26.6 Å². The number of amides is 5. The first-order chi connectivity index (χ1) is 24.5. The predicted molar refractivity (Wildman–Crippen MR) is 200 cm³/mol. The van der Waals surface area contributed by atoms with Crippen LogP contribution in [0.15, 0.2) is 40.3 Å². The van der Waals surface area contributed by atoms with E-state index in [9.17, 15) is 28.8 Å². The van der Waals surface area contributed by atoms with Gasteiger partial charge in [0, 0.05) is 25.3 Å². The summed E-state index contributed by atoms with van der Waals surface area (Å²) in [6, 6.07) is 3.12. The van der Waals surface area contributed by atoms with Crippen molar-refractivity contribution in [3.05, 3.63) is 35.9 Å². The highest BCUT2D eigenvalue weighted by Crippen LogP contribution is 2.10. The number of carboxylic acids is 1. The fraction of sp³-hybridized carbons (Fsp3) is 0.562. The third-order valence-corrected chi connectivity index (χ3v) is 7.73. The highest BCUT2D eigenvalue weighted by atomic mass is 32.1. The summed E-state index contributed by atoms with van der Waals surface area (Å²) in [6.07, 6.45) is 1.17. The van der Waals surface area contributed by atoms with E-state index in [0.29, 0.717) is 12.0 Å². The summed E-state index contributed by atoms with van der Waals surface area (Å²) in [7, 11) is 0. The SMILES string of the molecule is CC(C)C[C@H](NC(=O)[C@H](Cc1ccccc1)NC(=O)[C@H](CCCN=C(N)N)NC(=O)[C@@H](N)CCCN=C(N)N)C(=O)N[C@@H](CS)C(=O)NCC(=O)O. The molecule has 0 heterocycles. The quantitative estimate of drug-likeness (QED) is 0.0215. The fourth-order valence-corrected chi connectivity index (χ4v) is 5.02. The zero-order valence-corrected chi connectivity index (χ0v) is 30.4. The molecule has 5 atom stereocenters. The van der Waals surface area contributed by atoms with Gasteiger partial charge in [-0.2, -0.15) is 12.6 Å². The summed E-state index contributed by atoms with van der Waals surface area (Å²) in [5, 5.41) is 21.7. The third-order valence-electron chi connectivity index (χ3n) is 7.37. The van der Waals surface area contributed by atoms with Gasteiger partial charge in [-0.1, -0.05) is 44.2 Å². The number of nitrogens with zero attached hydrogens (tertiary/aromatic N) is 2. The molecule has 0 saturated carbocycles. The number of nitrogens with one attached hydrogen (secondary N) is 5. The van der Waals surface area contributed by atoms with Crippen LogP contribution < -0.4 is 55.3 Å². The topological polar surface area (TPSA) is 338 Å². The number of nitrogens with two attached hydrogens (primary N) is 5. The molecule has 20 heteroatoms. The molecule has 0 aliphatic carbocycles. The fourth-order valence-electron chi connectivity index (χ4n) is 4.76. The molecule has 0 bridgehead atoms. The molecule has 0 aliphatic heterocycles. The summed E-state index contributed by atoms with van der Waals surface area (Å²) in [4.78, 5) is 85.2. The van der Waals surface area contributed by atoms with Crippen molar-refractivity contribution in [2.45, 2.75) is 82.6 Å². The number of carbonyl (C=O) groups is 6. The maximum atomic E-state index is 13.9. The number of hydrogen-bond acceptors (Lipinski definition) is 10. The van der Waals surface area contributed by atoms with E-state index in [1.54, 1.807) is 30.3 Å². The summed E-state index contributed by atoms with van der Waals surface area (Å²) in [6.45, 7) is 3.41. The van der Waals surface area contributed by atoms with Gasteiger partial charge in [-0.05, 0) is 43.6 Å². The van der Waals surface area contributed by atoms with Crippen molar-refractivity contribution < 1.29 is 33.9 Å². The molecule has 16 N–H and O–H groups in total. The second kappa shape index (κ2) is 24.1. The van der Waals surface area contributed by atoms with Crippen LogP contribution in [0.4, 0.5) is 0 Å². The number of aliphatic imine (C=N–C) groups is 2. The van der Waals surface area contributed by atoms with Crippen LogP contribution in [0, 0.1) is 5.92 Å². The zero-order valence-electron chi connectivity index (χ0n) is 29.5. The van der Waals surface area contributed by atoms with Crippen LogP contribution in [0.3, 0.4) is 0 Å². The van der Waals surface area contributed by atoms with Crippen molar-refractivity contribution in [3.8, 4) is 0 Å². The van der Waals surface area contributed by atoms with Crippen LogP contribution in [0.2, 0.25) is 0 Å². The van der Waals surface area contributed by atoms with Gasteiger partial charge in [0.25, 0.3) is 0 Å². The Morgan fingerprint density at radius 2 is 1.21 bits per heavy atom. The largest absolute Gasteiger partial charge is 0.480 e. The highest BCUT2D eigenvalue weighted by molar-refractivity contribution is 7.80. The minimum Gasteiger partial charge on any atom is -0.480 e. The summed E-state index contributed by atoms with van der Waals surface area (Å²) >= 11 is 4.10. The van der Waals surface area contributed by atoms with Crippen LogP contribution >= 0.6 is 12.6 Å². The lowest BCUT2D eigenvalue weighted by atomic mass is 10.00. The molecule has 0 unspecified atom stereocenters. The van der Waals surface area contributed by atoms with Crippen molar-refractivity contribution in [1.29, 1.82) is 0 Å². The Kier molecular flexibility index (Phi) is 20.9. The third kappa shape index (κ3) is 18.8. The average molecular weight is 751 g/mol. The lowest BCUT2D eigenvalue weighted by molar-refractivity contribution is -0.138. The van der Waals surface area contributed by atoms with E-state index in [1.165, 1.54) is 0 Å². The number of benzene rings is 1. The first-order valence-electron chi connectivity index (χ1n) is 16.8. The first-order valence-corrected chi connectivity index (χ1v) is 17.4. The minimum atomic E-state index is -1.27. The normalized spacial score (nSPS) is 13.6. The van der Waals surface area contributed by atoms with Crippen molar-refractivity contribution in [2.75, 3.05) is 25.4 Å². The average Bonchev–Trinajstić information content (AvgIpc) is 3.08. The molecule has 0 spiro atoms. The van der Waals surface area contributed by atoms with Gasteiger partial charge in [0.15, 0.2) is 11.9 Å². The van der Waals surface area contributed by atoms with Gasteiger partial charge in [0.1, 0.15) is 30.7 Å². The molecule has 1 aromatic carbocycles. The second-order valence-corrected chi connectivity index (χ2v) is 12.7. The summed E-state index contributed by atoms with van der Waals surface area (Å²) < 4.78 is 0. The molecular formula is C32H54N12O7S. The molecule has 0 fully saturated rings. The Labute approximate surface area is 308 Å². The number of guanidine groups is 2. The molecular weight excluding hydrogens is 696 g/mol. The molecule has 19 nitrogen and oxygen atoms in total. The molecule has 0 radical (unpaired) electrons. The van der Waals surface area contributed by atoms with Gasteiger partial charge in [0.05, 0.1) is 6.04 Å². The van der Waals surface area contributed by atoms with Gasteiger partial charge in [-0.3, -0.25) is 38.8 Å². The van der Waals surface area contributed by atoms with E-state index in [0.717, 1.165) is 0 Å². The van der Waals surface area contributed by atoms with Gasteiger partial charge in [-0.15, -0.1) is 0 Å². The number of carbonyl (C=O) groups excluding carboxylic acids is 5. The van der Waals surface area contributed by atoms with E-state index < -0.39 is 72.3 Å². The number of thiol groups is 1. The van der Waals surface area contributed by atoms with Crippen LogP contribution in [0.25, 0.3) is 0 Å². The Bertz CT molecular complexity index is 1390. The van der Waals surface area contributed by atoms with E-state index >= 15 is 0 Å². The number of hydrogen-bond donors (Lipinski definition) is 12. The summed E-state index contributed by atoms with van der Waals surface area (Å²) in [5.74, 6) is -5.26. The molecule has 0 aliphatic rings. The van der Waals surface area contributed by atoms with Gasteiger partial charge in [-0.25, -0.2) is 0 Å². The van der Waals surface area contributed by atoms with Crippen LogP contribution in [0.5, 0.6) is 0 Å². The minimum absolute atomic E-state index is 0.0181. The Morgan fingerprint density at radius 1 is 0.712 bits per heavy atom. The van der Waals surface area contributed by atoms with Crippen LogP contribution in [-0.2, 0) is 35.2 Å². The smallest absolute Gasteiger partial charge is 0.322 e. The molecule has 1 aromatic rings. The lowest BCUT2D eigenvalue weighted by Crippen LogP contribution is -2.59. The van der Waals surface area contributed by atoms with E-state index in [2.05, 4.69) is 49.2 Å². The number of rotatable bonds is 24. The van der Waals surface area contributed by atoms with Crippen LogP contribution in [-0.4, -0.2) is 108 Å². The Hall–Kier alpha value is -5.11. The standard InChI is InChI=1S/C32H54N12O7S/c1-18(2)14-22(29(50)44-24(17-52)27(48)40-16-25(45)46)42-30(51)23(15-19-8-4-3-5-9-19)43-28(49)21(11-7-13-39-32(36)37)41-26(47)20(33)10-6-12-38-31(34)35/h3-5,8-9,18,20-24,52H,6-7,10-17,33H2,1-2H3,(H,40,48)(H,41,47)(H,42,51)(H,43,49)(H,44,50)(H,45,46)(H4,34,35,38)(H4,36,37,39)/t20-,21-,22-,23-,24-/m0/s1. The molecule has 52 heavy (non-hydrogen) atoms. The van der Waals surface area contributed by atoms with E-state index in [-0.39, 0.29) is 68.8 Å². The number of aliphatic carboxylic acids is 1. The van der Waals surface area contributed by atoms with E-state index in [1.807, 2.05) is 13.8 Å². The van der Waals surface area contributed by atoms with Crippen molar-refractivity contribution >= 4 is 60.1 Å². The Morgan fingerprint density at radius 3 is 1.75 bits per heavy atom. The van der Waals surface area contributed by atoms with Gasteiger partial charge < -0.3 is 60.4 Å².